The van der Waals surface area contributed by atoms with E-state index in [9.17, 15) is 9.59 Å². The topological polar surface area (TPSA) is 55.4 Å². The molecule has 0 radical (unpaired) electrons. The summed E-state index contributed by atoms with van der Waals surface area (Å²) in [6, 6.07) is 6.03. The number of carbonyl (C=O) groups is 2. The fourth-order valence-electron chi connectivity index (χ4n) is 3.38. The van der Waals surface area contributed by atoms with Gasteiger partial charge in [0.15, 0.2) is 6.10 Å². The number of nitrogens with one attached hydrogen (secondary N) is 1. The molecule has 1 amide bonds. The minimum atomic E-state index is -0.749. The third kappa shape index (κ3) is 3.32. The van der Waals surface area contributed by atoms with E-state index in [-0.39, 0.29) is 17.8 Å². The van der Waals surface area contributed by atoms with Gasteiger partial charge in [0, 0.05) is 5.69 Å². The largest absolute Gasteiger partial charge is 0.452 e. The smallest absolute Gasteiger partial charge is 0.309 e. The lowest BCUT2D eigenvalue weighted by Gasteiger charge is -2.16. The summed E-state index contributed by atoms with van der Waals surface area (Å²) in [7, 11) is 0. The van der Waals surface area contributed by atoms with Gasteiger partial charge in [0.2, 0.25) is 0 Å². The van der Waals surface area contributed by atoms with Gasteiger partial charge in [0.25, 0.3) is 5.91 Å². The van der Waals surface area contributed by atoms with E-state index in [2.05, 4.69) is 11.4 Å². The molecule has 0 aromatic heterocycles. The molecule has 0 unspecified atom stereocenters. The number of aryl methyl sites for hydroxylation is 2. The average molecular weight is 301 g/mol. The van der Waals surface area contributed by atoms with Crippen molar-refractivity contribution < 1.29 is 14.3 Å². The third-order valence-electron chi connectivity index (χ3n) is 4.72. The van der Waals surface area contributed by atoms with Crippen LogP contribution in [0, 0.1) is 5.92 Å². The first kappa shape index (κ1) is 15.1. The second-order valence-corrected chi connectivity index (χ2v) is 6.39. The Bertz CT molecular complexity index is 576. The summed E-state index contributed by atoms with van der Waals surface area (Å²) in [4.78, 5) is 24.1. The second-order valence-electron chi connectivity index (χ2n) is 6.39. The third-order valence-corrected chi connectivity index (χ3v) is 4.72. The maximum absolute atomic E-state index is 12.2. The molecule has 1 atom stereocenters. The number of rotatable bonds is 4. The lowest BCUT2D eigenvalue weighted by atomic mass is 10.1. The molecule has 1 N–H and O–H groups in total. The zero-order chi connectivity index (χ0) is 15.5. The van der Waals surface area contributed by atoms with Crippen molar-refractivity contribution in [2.75, 3.05) is 5.32 Å². The highest BCUT2D eigenvalue weighted by Crippen LogP contribution is 2.27. The number of hydrogen-bond donors (Lipinski definition) is 1. The van der Waals surface area contributed by atoms with Crippen molar-refractivity contribution in [3.05, 3.63) is 29.3 Å². The number of hydrogen-bond acceptors (Lipinski definition) is 3. The predicted molar refractivity (Wildman–Crippen MR) is 84.6 cm³/mol. The molecule has 118 valence electrons. The summed E-state index contributed by atoms with van der Waals surface area (Å²) in [5, 5.41) is 2.85. The Morgan fingerprint density at radius 1 is 1.14 bits per heavy atom. The first-order chi connectivity index (χ1) is 10.6. The molecule has 0 aliphatic heterocycles. The zero-order valence-electron chi connectivity index (χ0n) is 13.1. The molecule has 4 nitrogen and oxygen atoms in total. The van der Waals surface area contributed by atoms with E-state index >= 15 is 0 Å². The van der Waals surface area contributed by atoms with Crippen LogP contribution in [0.1, 0.15) is 50.2 Å². The first-order valence-electron chi connectivity index (χ1n) is 8.26. The predicted octanol–water partition coefficient (Wildman–Crippen LogP) is 3.24. The summed E-state index contributed by atoms with van der Waals surface area (Å²) < 4.78 is 5.31. The lowest BCUT2D eigenvalue weighted by molar-refractivity contribution is -0.157. The number of anilines is 1. The van der Waals surface area contributed by atoms with Crippen LogP contribution in [0.4, 0.5) is 5.69 Å². The highest BCUT2D eigenvalue weighted by Gasteiger charge is 2.27. The van der Waals surface area contributed by atoms with Gasteiger partial charge in [-0.25, -0.2) is 0 Å². The SMILES string of the molecule is C[C@H](OC(=O)C1CCCC1)C(=O)Nc1ccc2c(c1)CCC2. The summed E-state index contributed by atoms with van der Waals surface area (Å²) in [6.07, 6.45) is 6.56. The van der Waals surface area contributed by atoms with Gasteiger partial charge in [-0.3, -0.25) is 9.59 Å². The molecule has 3 rings (SSSR count). The number of fused-ring (bicyclic) bond motifs is 1. The van der Waals surface area contributed by atoms with Crippen LogP contribution >= 0.6 is 0 Å². The molecule has 0 bridgehead atoms. The highest BCUT2D eigenvalue weighted by atomic mass is 16.5. The van der Waals surface area contributed by atoms with Gasteiger partial charge in [-0.05, 0) is 62.3 Å². The summed E-state index contributed by atoms with van der Waals surface area (Å²) in [5.74, 6) is -0.506. The Hall–Kier alpha value is -1.84. The maximum atomic E-state index is 12.2. The lowest BCUT2D eigenvalue weighted by Crippen LogP contribution is -2.31. The van der Waals surface area contributed by atoms with Gasteiger partial charge < -0.3 is 10.1 Å². The number of esters is 1. The maximum Gasteiger partial charge on any atom is 0.309 e. The molecular weight excluding hydrogens is 278 g/mol. The van der Waals surface area contributed by atoms with Gasteiger partial charge in [0.1, 0.15) is 0 Å². The number of ether oxygens (including phenoxy) is 1. The molecule has 1 aromatic rings. The molecule has 1 saturated carbocycles. The molecule has 1 aromatic carbocycles. The van der Waals surface area contributed by atoms with Crippen LogP contribution in [-0.2, 0) is 27.2 Å². The van der Waals surface area contributed by atoms with Crippen LogP contribution in [0.2, 0.25) is 0 Å². The van der Waals surface area contributed by atoms with Gasteiger partial charge >= 0.3 is 5.97 Å². The Morgan fingerprint density at radius 3 is 2.64 bits per heavy atom. The fraction of sp³-hybridized carbons (Fsp3) is 0.556. The van der Waals surface area contributed by atoms with E-state index in [1.165, 1.54) is 17.5 Å². The van der Waals surface area contributed by atoms with Crippen molar-refractivity contribution in [1.29, 1.82) is 0 Å². The minimum Gasteiger partial charge on any atom is -0.452 e. The van der Waals surface area contributed by atoms with Crippen molar-refractivity contribution >= 4 is 17.6 Å². The molecule has 2 aliphatic carbocycles. The van der Waals surface area contributed by atoms with Crippen LogP contribution in [0.15, 0.2) is 18.2 Å². The Kier molecular flexibility index (Phi) is 4.46. The van der Waals surface area contributed by atoms with Crippen molar-refractivity contribution in [3.63, 3.8) is 0 Å². The number of amides is 1. The van der Waals surface area contributed by atoms with Gasteiger partial charge in [-0.15, -0.1) is 0 Å². The van der Waals surface area contributed by atoms with E-state index in [0.29, 0.717) is 0 Å². The van der Waals surface area contributed by atoms with Gasteiger partial charge in [-0.1, -0.05) is 18.9 Å². The molecule has 0 saturated heterocycles. The van der Waals surface area contributed by atoms with E-state index in [4.69, 9.17) is 4.74 Å². The Labute approximate surface area is 131 Å². The van der Waals surface area contributed by atoms with E-state index in [0.717, 1.165) is 44.2 Å². The van der Waals surface area contributed by atoms with Gasteiger partial charge in [-0.2, -0.15) is 0 Å². The van der Waals surface area contributed by atoms with Crippen molar-refractivity contribution in [2.45, 2.75) is 58.0 Å². The molecule has 22 heavy (non-hydrogen) atoms. The number of benzene rings is 1. The van der Waals surface area contributed by atoms with Crippen LogP contribution in [0.3, 0.4) is 0 Å². The molecule has 0 spiro atoms. The van der Waals surface area contributed by atoms with Crippen LogP contribution < -0.4 is 5.32 Å². The van der Waals surface area contributed by atoms with Crippen molar-refractivity contribution in [3.8, 4) is 0 Å². The van der Waals surface area contributed by atoms with Crippen molar-refractivity contribution in [1.82, 2.24) is 0 Å². The normalized spacial score (nSPS) is 18.8. The molecule has 1 fully saturated rings. The number of carbonyl (C=O) groups excluding carboxylic acids is 2. The van der Waals surface area contributed by atoms with E-state index in [1.807, 2.05) is 12.1 Å². The molecular formula is C18H23NO3. The first-order valence-corrected chi connectivity index (χ1v) is 8.26. The molecule has 0 heterocycles. The zero-order valence-corrected chi connectivity index (χ0v) is 13.1. The summed E-state index contributed by atoms with van der Waals surface area (Å²) in [5.41, 5.74) is 3.47. The Morgan fingerprint density at radius 2 is 1.86 bits per heavy atom. The van der Waals surface area contributed by atoms with Crippen molar-refractivity contribution in [2.24, 2.45) is 5.92 Å². The Balaban J connectivity index is 1.55. The van der Waals surface area contributed by atoms with E-state index < -0.39 is 6.10 Å². The molecule has 2 aliphatic rings. The van der Waals surface area contributed by atoms with Crippen LogP contribution in [0.25, 0.3) is 0 Å². The summed E-state index contributed by atoms with van der Waals surface area (Å²) in [6.45, 7) is 1.63. The fourth-order valence-corrected chi connectivity index (χ4v) is 3.38. The van der Waals surface area contributed by atoms with Gasteiger partial charge in [0.05, 0.1) is 5.92 Å². The van der Waals surface area contributed by atoms with E-state index in [1.54, 1.807) is 6.92 Å². The second kappa shape index (κ2) is 6.51. The van der Waals surface area contributed by atoms with Crippen LogP contribution in [-0.4, -0.2) is 18.0 Å². The highest BCUT2D eigenvalue weighted by molar-refractivity contribution is 5.95. The summed E-state index contributed by atoms with van der Waals surface area (Å²) >= 11 is 0. The molecule has 4 heteroatoms. The minimum absolute atomic E-state index is 0.0183. The monoisotopic (exact) mass is 301 g/mol. The van der Waals surface area contributed by atoms with Crippen LogP contribution in [0.5, 0.6) is 0 Å². The average Bonchev–Trinajstić information content (AvgIpc) is 3.18. The standard InChI is InChI=1S/C18H23NO3/c1-12(22-18(21)14-5-2-3-6-14)17(20)19-16-10-9-13-7-4-8-15(13)11-16/h9-12,14H,2-8H2,1H3,(H,19,20)/t12-/m0/s1. The quantitative estimate of drug-likeness (QED) is 0.869.